The van der Waals surface area contributed by atoms with E-state index in [2.05, 4.69) is 45.1 Å². The zero-order valence-electron chi connectivity index (χ0n) is 9.72. The maximum atomic E-state index is 5.70. The average molecular weight is 187 g/mol. The van der Waals surface area contributed by atoms with Gasteiger partial charge in [0.1, 0.15) is 0 Å². The van der Waals surface area contributed by atoms with Gasteiger partial charge in [0.2, 0.25) is 0 Å². The summed E-state index contributed by atoms with van der Waals surface area (Å²) in [4.78, 5) is 2.17. The molecule has 3 heteroatoms. The molecule has 1 unspecified atom stereocenters. The van der Waals surface area contributed by atoms with Crippen molar-refractivity contribution in [1.29, 1.82) is 0 Å². The van der Waals surface area contributed by atoms with Gasteiger partial charge in [-0.2, -0.15) is 0 Å². The maximum absolute atomic E-state index is 5.70. The second-order valence-corrected chi connectivity index (χ2v) is 4.91. The summed E-state index contributed by atoms with van der Waals surface area (Å²) in [6.45, 7) is 9.42. The topological polar surface area (TPSA) is 41.3 Å². The molecule has 0 saturated carbocycles. The van der Waals surface area contributed by atoms with E-state index in [9.17, 15) is 0 Å². The molecule has 13 heavy (non-hydrogen) atoms. The van der Waals surface area contributed by atoms with E-state index in [0.29, 0.717) is 12.6 Å². The minimum absolute atomic E-state index is 0.251. The molecule has 0 fully saturated rings. The SMILES string of the molecule is CN(C)CCNC(CN)C(C)(C)C. The molecule has 80 valence electrons. The quantitative estimate of drug-likeness (QED) is 0.659. The Kier molecular flexibility index (Phi) is 5.53. The van der Waals surface area contributed by atoms with E-state index in [1.807, 2.05) is 0 Å². The summed E-state index contributed by atoms with van der Waals surface area (Å²) in [5, 5.41) is 3.47. The predicted molar refractivity (Wildman–Crippen MR) is 58.9 cm³/mol. The molecule has 0 aromatic heterocycles. The summed E-state index contributed by atoms with van der Waals surface area (Å²) in [5.74, 6) is 0. The van der Waals surface area contributed by atoms with Crippen molar-refractivity contribution in [3.63, 3.8) is 0 Å². The Hall–Kier alpha value is -0.120. The van der Waals surface area contributed by atoms with Gasteiger partial charge in [0.25, 0.3) is 0 Å². The summed E-state index contributed by atoms with van der Waals surface area (Å²) in [6, 6.07) is 0.410. The molecule has 0 spiro atoms. The van der Waals surface area contributed by atoms with Crippen LogP contribution in [-0.4, -0.2) is 44.7 Å². The number of rotatable bonds is 5. The Labute approximate surface area is 82.7 Å². The van der Waals surface area contributed by atoms with E-state index in [1.165, 1.54) is 0 Å². The summed E-state index contributed by atoms with van der Waals surface area (Å²) in [6.07, 6.45) is 0. The smallest absolute Gasteiger partial charge is 0.0239 e. The molecule has 0 saturated heterocycles. The molecule has 0 heterocycles. The van der Waals surface area contributed by atoms with Gasteiger partial charge < -0.3 is 16.0 Å². The Morgan fingerprint density at radius 3 is 2.15 bits per heavy atom. The van der Waals surface area contributed by atoms with Crippen LogP contribution in [0.5, 0.6) is 0 Å². The van der Waals surface area contributed by atoms with Crippen molar-refractivity contribution < 1.29 is 0 Å². The summed E-state index contributed by atoms with van der Waals surface area (Å²) < 4.78 is 0. The third kappa shape index (κ3) is 6.02. The number of nitrogens with zero attached hydrogens (tertiary/aromatic N) is 1. The van der Waals surface area contributed by atoms with Gasteiger partial charge in [-0.3, -0.25) is 0 Å². The fourth-order valence-electron chi connectivity index (χ4n) is 1.21. The fourth-order valence-corrected chi connectivity index (χ4v) is 1.21. The lowest BCUT2D eigenvalue weighted by molar-refractivity contribution is 0.263. The van der Waals surface area contributed by atoms with E-state index >= 15 is 0 Å². The van der Waals surface area contributed by atoms with Crippen LogP contribution in [0.1, 0.15) is 20.8 Å². The molecule has 0 aliphatic carbocycles. The lowest BCUT2D eigenvalue weighted by Gasteiger charge is -2.31. The summed E-state index contributed by atoms with van der Waals surface area (Å²) in [7, 11) is 4.16. The van der Waals surface area contributed by atoms with Crippen molar-refractivity contribution in [3.8, 4) is 0 Å². The first-order valence-electron chi connectivity index (χ1n) is 4.96. The molecule has 0 aliphatic heterocycles. The van der Waals surface area contributed by atoms with Crippen molar-refractivity contribution in [1.82, 2.24) is 10.2 Å². The normalized spacial score (nSPS) is 15.0. The number of nitrogens with one attached hydrogen (secondary N) is 1. The van der Waals surface area contributed by atoms with Crippen LogP contribution in [-0.2, 0) is 0 Å². The number of nitrogens with two attached hydrogens (primary N) is 1. The standard InChI is InChI=1S/C10H25N3/c1-10(2,3)9(8-11)12-6-7-13(4)5/h9,12H,6-8,11H2,1-5H3. The molecule has 0 aromatic rings. The Balaban J connectivity index is 3.73. The highest BCUT2D eigenvalue weighted by Crippen LogP contribution is 2.17. The maximum Gasteiger partial charge on any atom is 0.0239 e. The van der Waals surface area contributed by atoms with E-state index in [0.717, 1.165) is 13.1 Å². The highest BCUT2D eigenvalue weighted by atomic mass is 15.1. The van der Waals surface area contributed by atoms with Gasteiger partial charge in [-0.25, -0.2) is 0 Å². The van der Waals surface area contributed by atoms with Gasteiger partial charge in [0, 0.05) is 25.7 Å². The zero-order valence-corrected chi connectivity index (χ0v) is 9.72. The number of hydrogen-bond donors (Lipinski definition) is 2. The highest BCUT2D eigenvalue weighted by molar-refractivity contribution is 4.81. The molecule has 1 atom stereocenters. The average Bonchev–Trinajstić information content (AvgIpc) is 1.95. The van der Waals surface area contributed by atoms with Gasteiger partial charge in [0.05, 0.1) is 0 Å². The van der Waals surface area contributed by atoms with Crippen molar-refractivity contribution in [2.24, 2.45) is 11.1 Å². The summed E-state index contributed by atoms with van der Waals surface area (Å²) in [5.41, 5.74) is 5.95. The first kappa shape index (κ1) is 12.9. The molecule has 0 bridgehead atoms. The van der Waals surface area contributed by atoms with Crippen LogP contribution in [0.25, 0.3) is 0 Å². The Morgan fingerprint density at radius 1 is 1.31 bits per heavy atom. The summed E-state index contributed by atoms with van der Waals surface area (Å²) >= 11 is 0. The van der Waals surface area contributed by atoms with Crippen molar-refractivity contribution in [2.45, 2.75) is 26.8 Å². The van der Waals surface area contributed by atoms with Crippen molar-refractivity contribution in [2.75, 3.05) is 33.7 Å². The van der Waals surface area contributed by atoms with E-state index < -0.39 is 0 Å². The molecule has 0 amide bonds. The first-order valence-corrected chi connectivity index (χ1v) is 4.96. The van der Waals surface area contributed by atoms with E-state index in [4.69, 9.17) is 5.73 Å². The number of likely N-dealkylation sites (N-methyl/N-ethyl adjacent to an activating group) is 1. The van der Waals surface area contributed by atoms with Crippen LogP contribution in [0.4, 0.5) is 0 Å². The van der Waals surface area contributed by atoms with Crippen LogP contribution in [0.15, 0.2) is 0 Å². The Bertz CT molecular complexity index is 127. The van der Waals surface area contributed by atoms with E-state index in [1.54, 1.807) is 0 Å². The molecule has 0 aliphatic rings. The van der Waals surface area contributed by atoms with Gasteiger partial charge in [-0.15, -0.1) is 0 Å². The van der Waals surface area contributed by atoms with Crippen LogP contribution >= 0.6 is 0 Å². The monoisotopic (exact) mass is 187 g/mol. The van der Waals surface area contributed by atoms with Gasteiger partial charge in [-0.1, -0.05) is 20.8 Å². The first-order chi connectivity index (χ1) is 5.88. The lowest BCUT2D eigenvalue weighted by Crippen LogP contribution is -2.47. The second-order valence-electron chi connectivity index (χ2n) is 4.91. The largest absolute Gasteiger partial charge is 0.329 e. The predicted octanol–water partition coefficient (Wildman–Crippen LogP) is 0.511. The van der Waals surface area contributed by atoms with E-state index in [-0.39, 0.29) is 5.41 Å². The Morgan fingerprint density at radius 2 is 1.85 bits per heavy atom. The van der Waals surface area contributed by atoms with Crippen LogP contribution in [0.3, 0.4) is 0 Å². The molecule has 0 rings (SSSR count). The van der Waals surface area contributed by atoms with Crippen LogP contribution in [0.2, 0.25) is 0 Å². The molecule has 3 N–H and O–H groups in total. The highest BCUT2D eigenvalue weighted by Gasteiger charge is 2.21. The van der Waals surface area contributed by atoms with Crippen LogP contribution < -0.4 is 11.1 Å². The minimum atomic E-state index is 0.251. The molecular weight excluding hydrogens is 162 g/mol. The zero-order chi connectivity index (χ0) is 10.5. The van der Waals surface area contributed by atoms with Gasteiger partial charge in [0.15, 0.2) is 0 Å². The van der Waals surface area contributed by atoms with Crippen molar-refractivity contribution >= 4 is 0 Å². The molecule has 0 radical (unpaired) electrons. The van der Waals surface area contributed by atoms with Crippen molar-refractivity contribution in [3.05, 3.63) is 0 Å². The lowest BCUT2D eigenvalue weighted by atomic mass is 9.87. The third-order valence-corrected chi connectivity index (χ3v) is 2.23. The fraction of sp³-hybridized carbons (Fsp3) is 1.00. The second kappa shape index (κ2) is 5.58. The molecule has 3 nitrogen and oxygen atoms in total. The molecule has 0 aromatic carbocycles. The van der Waals surface area contributed by atoms with Gasteiger partial charge >= 0.3 is 0 Å². The van der Waals surface area contributed by atoms with Crippen LogP contribution in [0, 0.1) is 5.41 Å². The van der Waals surface area contributed by atoms with Gasteiger partial charge in [-0.05, 0) is 19.5 Å². The number of hydrogen-bond acceptors (Lipinski definition) is 3. The molecular formula is C10H25N3. The third-order valence-electron chi connectivity index (χ3n) is 2.23. The minimum Gasteiger partial charge on any atom is -0.329 e.